The molecule has 0 aromatic carbocycles. The molecule has 94 valence electrons. The molecule has 0 aromatic heterocycles. The number of rotatable bonds is 4. The average molecular weight is 228 g/mol. The van der Waals surface area contributed by atoms with Gasteiger partial charge in [-0.2, -0.15) is 0 Å². The SMILES string of the molecule is CCC(C)C(C)OC(=O)OC1CCCCC1. The minimum atomic E-state index is -0.486. The van der Waals surface area contributed by atoms with E-state index in [4.69, 9.17) is 9.47 Å². The quantitative estimate of drug-likeness (QED) is 0.684. The van der Waals surface area contributed by atoms with E-state index in [9.17, 15) is 4.79 Å². The molecule has 2 unspecified atom stereocenters. The monoisotopic (exact) mass is 228 g/mol. The van der Waals surface area contributed by atoms with E-state index in [1.54, 1.807) is 0 Å². The molecule has 2 atom stereocenters. The van der Waals surface area contributed by atoms with E-state index in [1.807, 2.05) is 6.92 Å². The lowest BCUT2D eigenvalue weighted by molar-refractivity contribution is -0.0188. The molecule has 0 radical (unpaired) electrons. The number of hydrogen-bond donors (Lipinski definition) is 0. The molecule has 0 aromatic rings. The van der Waals surface area contributed by atoms with Crippen LogP contribution in [0.5, 0.6) is 0 Å². The van der Waals surface area contributed by atoms with Crippen molar-refractivity contribution in [1.82, 2.24) is 0 Å². The van der Waals surface area contributed by atoms with Gasteiger partial charge in [-0.15, -0.1) is 0 Å². The van der Waals surface area contributed by atoms with E-state index >= 15 is 0 Å². The maximum absolute atomic E-state index is 11.5. The van der Waals surface area contributed by atoms with Gasteiger partial charge in [-0.3, -0.25) is 0 Å². The van der Waals surface area contributed by atoms with Crippen molar-refractivity contribution in [2.45, 2.75) is 71.5 Å². The Morgan fingerprint density at radius 2 is 1.88 bits per heavy atom. The standard InChI is InChI=1S/C13H24O3/c1-4-10(2)11(3)15-13(14)16-12-8-6-5-7-9-12/h10-12H,4-9H2,1-3H3. The predicted molar refractivity (Wildman–Crippen MR) is 63.4 cm³/mol. The molecule has 0 amide bonds. The fourth-order valence-electron chi connectivity index (χ4n) is 1.95. The molecule has 1 aliphatic carbocycles. The van der Waals surface area contributed by atoms with Crippen LogP contribution in [0.1, 0.15) is 59.3 Å². The normalized spacial score (nSPS) is 21.2. The number of carbonyl (C=O) groups is 1. The second-order valence-electron chi connectivity index (χ2n) is 4.84. The van der Waals surface area contributed by atoms with Crippen LogP contribution in [0, 0.1) is 5.92 Å². The number of hydrogen-bond acceptors (Lipinski definition) is 3. The third-order valence-corrected chi connectivity index (χ3v) is 3.54. The molecular weight excluding hydrogens is 204 g/mol. The molecule has 0 heterocycles. The van der Waals surface area contributed by atoms with Crippen LogP contribution in [0.25, 0.3) is 0 Å². The van der Waals surface area contributed by atoms with Crippen LogP contribution in [0.4, 0.5) is 4.79 Å². The molecular formula is C13H24O3. The second kappa shape index (κ2) is 6.77. The molecule has 0 saturated heterocycles. The van der Waals surface area contributed by atoms with E-state index in [1.165, 1.54) is 19.3 Å². The van der Waals surface area contributed by atoms with Crippen molar-refractivity contribution in [2.75, 3.05) is 0 Å². The van der Waals surface area contributed by atoms with Gasteiger partial charge in [-0.25, -0.2) is 4.79 Å². The van der Waals surface area contributed by atoms with E-state index in [0.29, 0.717) is 5.92 Å². The Morgan fingerprint density at radius 1 is 1.25 bits per heavy atom. The summed E-state index contributed by atoms with van der Waals surface area (Å²) < 4.78 is 10.5. The highest BCUT2D eigenvalue weighted by Gasteiger charge is 2.21. The summed E-state index contributed by atoms with van der Waals surface area (Å²) in [5, 5.41) is 0. The summed E-state index contributed by atoms with van der Waals surface area (Å²) in [5.41, 5.74) is 0. The molecule has 0 bridgehead atoms. The van der Waals surface area contributed by atoms with E-state index in [2.05, 4.69) is 13.8 Å². The van der Waals surface area contributed by atoms with Crippen molar-refractivity contribution in [1.29, 1.82) is 0 Å². The summed E-state index contributed by atoms with van der Waals surface area (Å²) in [5.74, 6) is 0.388. The zero-order valence-electron chi connectivity index (χ0n) is 10.7. The molecule has 1 aliphatic rings. The minimum Gasteiger partial charge on any atom is -0.431 e. The number of carbonyl (C=O) groups excluding carboxylic acids is 1. The van der Waals surface area contributed by atoms with Gasteiger partial charge in [-0.05, 0) is 38.5 Å². The van der Waals surface area contributed by atoms with Crippen molar-refractivity contribution >= 4 is 6.16 Å². The highest BCUT2D eigenvalue weighted by molar-refractivity contribution is 5.60. The van der Waals surface area contributed by atoms with E-state index in [0.717, 1.165) is 19.3 Å². The van der Waals surface area contributed by atoms with E-state index < -0.39 is 6.16 Å². The molecule has 3 nitrogen and oxygen atoms in total. The minimum absolute atomic E-state index is 0.0545. The Morgan fingerprint density at radius 3 is 2.44 bits per heavy atom. The highest BCUT2D eigenvalue weighted by atomic mass is 16.7. The van der Waals surface area contributed by atoms with Crippen LogP contribution >= 0.6 is 0 Å². The zero-order chi connectivity index (χ0) is 12.0. The topological polar surface area (TPSA) is 35.5 Å². The van der Waals surface area contributed by atoms with Gasteiger partial charge < -0.3 is 9.47 Å². The fourth-order valence-corrected chi connectivity index (χ4v) is 1.95. The van der Waals surface area contributed by atoms with Gasteiger partial charge in [0, 0.05) is 0 Å². The van der Waals surface area contributed by atoms with Crippen molar-refractivity contribution < 1.29 is 14.3 Å². The first-order valence-electron chi connectivity index (χ1n) is 6.50. The summed E-state index contributed by atoms with van der Waals surface area (Å²) in [4.78, 5) is 11.5. The first-order valence-corrected chi connectivity index (χ1v) is 6.50. The average Bonchev–Trinajstić information content (AvgIpc) is 2.29. The van der Waals surface area contributed by atoms with Crippen molar-refractivity contribution in [3.8, 4) is 0 Å². The van der Waals surface area contributed by atoms with Gasteiger partial charge in [0.15, 0.2) is 0 Å². The molecule has 0 aliphatic heterocycles. The van der Waals surface area contributed by atoms with Crippen LogP contribution in [0.2, 0.25) is 0 Å². The zero-order valence-corrected chi connectivity index (χ0v) is 10.7. The van der Waals surface area contributed by atoms with Gasteiger partial charge in [0.05, 0.1) is 0 Å². The summed E-state index contributed by atoms with van der Waals surface area (Å²) in [7, 11) is 0. The Bertz CT molecular complexity index is 203. The first kappa shape index (κ1) is 13.3. The molecule has 0 spiro atoms. The predicted octanol–water partition coefficient (Wildman–Crippen LogP) is 3.91. The van der Waals surface area contributed by atoms with Crippen molar-refractivity contribution in [3.05, 3.63) is 0 Å². The fraction of sp³-hybridized carbons (Fsp3) is 0.923. The van der Waals surface area contributed by atoms with Gasteiger partial charge in [0.1, 0.15) is 12.2 Å². The Balaban J connectivity index is 2.23. The van der Waals surface area contributed by atoms with Gasteiger partial charge >= 0.3 is 6.16 Å². The Labute approximate surface area is 98.5 Å². The maximum atomic E-state index is 11.5. The van der Waals surface area contributed by atoms with Gasteiger partial charge in [0.2, 0.25) is 0 Å². The van der Waals surface area contributed by atoms with Crippen molar-refractivity contribution in [2.24, 2.45) is 5.92 Å². The number of ether oxygens (including phenoxy) is 2. The summed E-state index contributed by atoms with van der Waals surface area (Å²) >= 11 is 0. The molecule has 0 N–H and O–H groups in total. The van der Waals surface area contributed by atoms with Crippen molar-refractivity contribution in [3.63, 3.8) is 0 Å². The molecule has 1 saturated carbocycles. The summed E-state index contributed by atoms with van der Waals surface area (Å²) in [6.45, 7) is 6.10. The van der Waals surface area contributed by atoms with Crippen LogP contribution in [0.3, 0.4) is 0 Å². The summed E-state index contributed by atoms with van der Waals surface area (Å²) in [6, 6.07) is 0. The van der Waals surface area contributed by atoms with E-state index in [-0.39, 0.29) is 12.2 Å². The third kappa shape index (κ3) is 4.42. The lowest BCUT2D eigenvalue weighted by Crippen LogP contribution is -2.26. The first-order chi connectivity index (χ1) is 7.63. The third-order valence-electron chi connectivity index (χ3n) is 3.54. The second-order valence-corrected chi connectivity index (χ2v) is 4.84. The lowest BCUT2D eigenvalue weighted by atomic mass is 9.98. The summed E-state index contributed by atoms with van der Waals surface area (Å²) in [6.07, 6.45) is 6.14. The van der Waals surface area contributed by atoms with Crippen LogP contribution in [-0.4, -0.2) is 18.4 Å². The molecule has 3 heteroatoms. The largest absolute Gasteiger partial charge is 0.508 e. The van der Waals surface area contributed by atoms with Gasteiger partial charge in [0.25, 0.3) is 0 Å². The highest BCUT2D eigenvalue weighted by Crippen LogP contribution is 2.21. The van der Waals surface area contributed by atoms with Crippen LogP contribution < -0.4 is 0 Å². The smallest absolute Gasteiger partial charge is 0.431 e. The van der Waals surface area contributed by atoms with Crippen LogP contribution in [0.15, 0.2) is 0 Å². The molecule has 16 heavy (non-hydrogen) atoms. The Kier molecular flexibility index (Phi) is 5.64. The Hall–Kier alpha value is -0.730. The lowest BCUT2D eigenvalue weighted by Gasteiger charge is -2.24. The molecule has 1 rings (SSSR count). The van der Waals surface area contributed by atoms with Gasteiger partial charge in [-0.1, -0.05) is 26.7 Å². The maximum Gasteiger partial charge on any atom is 0.508 e. The van der Waals surface area contributed by atoms with Crippen LogP contribution in [-0.2, 0) is 9.47 Å². The molecule has 1 fully saturated rings.